The summed E-state index contributed by atoms with van der Waals surface area (Å²) in [6, 6.07) is 9.68. The number of H-pyrrole nitrogens is 1. The zero-order chi connectivity index (χ0) is 19.4. The van der Waals surface area contributed by atoms with Crippen LogP contribution in [0.25, 0.3) is 5.69 Å². The van der Waals surface area contributed by atoms with Crippen LogP contribution in [0.4, 0.5) is 0 Å². The molecule has 0 bridgehead atoms. The van der Waals surface area contributed by atoms with E-state index in [2.05, 4.69) is 20.5 Å². The molecule has 0 aliphatic rings. The molecule has 3 aromatic rings. The van der Waals surface area contributed by atoms with Gasteiger partial charge in [-0.3, -0.25) is 24.1 Å². The van der Waals surface area contributed by atoms with Gasteiger partial charge in [-0.25, -0.2) is 5.43 Å². The van der Waals surface area contributed by atoms with Gasteiger partial charge in [-0.05, 0) is 36.5 Å². The van der Waals surface area contributed by atoms with E-state index in [1.807, 2.05) is 0 Å². The molecule has 3 rings (SSSR count). The molecule has 0 spiro atoms. The minimum Gasteiger partial charge on any atom is -0.494 e. The number of nitrogens with zero attached hydrogens (tertiary/aromatic N) is 3. The maximum atomic E-state index is 12.1. The van der Waals surface area contributed by atoms with Crippen molar-refractivity contribution in [1.82, 2.24) is 20.0 Å². The zero-order valence-corrected chi connectivity index (χ0v) is 15.2. The lowest BCUT2D eigenvalue weighted by Crippen LogP contribution is -2.21. The number of carbonyl (C=O) groups is 1. The Morgan fingerprint density at radius 2 is 2.00 bits per heavy atom. The fraction of sp³-hybridized carbons (Fsp3) is 0. The first-order chi connectivity index (χ1) is 13.0. The molecule has 2 heterocycles. The smallest absolute Gasteiger partial charge is 0.271 e. The summed E-state index contributed by atoms with van der Waals surface area (Å²) in [4.78, 5) is 30.3. The van der Waals surface area contributed by atoms with Crippen molar-refractivity contribution in [1.29, 1.82) is 0 Å². The second-order valence-electron chi connectivity index (χ2n) is 5.22. The number of hydrogen-bond donors (Lipinski definition) is 3. The van der Waals surface area contributed by atoms with Crippen molar-refractivity contribution in [2.45, 2.75) is 0 Å². The van der Waals surface area contributed by atoms with Gasteiger partial charge in [0.05, 0.1) is 16.9 Å². The highest BCUT2D eigenvalue weighted by Crippen LogP contribution is 2.24. The number of carbonyl (C=O) groups excluding carboxylic acids is 1. The number of hydrogen-bond acceptors (Lipinski definition) is 6. The van der Waals surface area contributed by atoms with Crippen LogP contribution >= 0.6 is 23.8 Å². The number of aromatic hydroxyl groups is 1. The maximum Gasteiger partial charge on any atom is 0.271 e. The molecule has 8 nitrogen and oxygen atoms in total. The first-order valence-corrected chi connectivity index (χ1v) is 8.34. The van der Waals surface area contributed by atoms with E-state index < -0.39 is 17.3 Å². The third-order valence-corrected chi connectivity index (χ3v) is 4.12. The van der Waals surface area contributed by atoms with Crippen molar-refractivity contribution < 1.29 is 9.90 Å². The Labute approximate surface area is 162 Å². The third kappa shape index (κ3) is 3.94. The van der Waals surface area contributed by atoms with E-state index in [1.165, 1.54) is 29.1 Å². The SMILES string of the molecule is O=C(NN=Cc1c(O)n(-c2ccccc2Cl)c(=S)[nH]c1=O)c1ccncc1. The van der Waals surface area contributed by atoms with Gasteiger partial charge in [0.2, 0.25) is 5.88 Å². The van der Waals surface area contributed by atoms with Crippen molar-refractivity contribution >= 4 is 35.9 Å². The number of amides is 1. The summed E-state index contributed by atoms with van der Waals surface area (Å²) in [6.07, 6.45) is 3.95. The second kappa shape index (κ2) is 7.94. The Morgan fingerprint density at radius 3 is 2.70 bits per heavy atom. The number of hydrazone groups is 1. The average Bonchev–Trinajstić information content (AvgIpc) is 2.66. The summed E-state index contributed by atoms with van der Waals surface area (Å²) in [5, 5.41) is 14.6. The van der Waals surface area contributed by atoms with Crippen LogP contribution in [0.15, 0.2) is 58.7 Å². The molecule has 0 atom stereocenters. The van der Waals surface area contributed by atoms with Crippen molar-refractivity contribution in [2.24, 2.45) is 5.10 Å². The lowest BCUT2D eigenvalue weighted by molar-refractivity contribution is 0.0955. The fourth-order valence-corrected chi connectivity index (χ4v) is 2.73. The van der Waals surface area contributed by atoms with E-state index in [0.717, 1.165) is 6.21 Å². The number of benzene rings is 1. The van der Waals surface area contributed by atoms with Crippen molar-refractivity contribution in [3.8, 4) is 11.6 Å². The van der Waals surface area contributed by atoms with Crippen LogP contribution in [-0.2, 0) is 0 Å². The molecular weight excluding hydrogens is 390 g/mol. The van der Waals surface area contributed by atoms with Crippen LogP contribution in [0, 0.1) is 4.77 Å². The van der Waals surface area contributed by atoms with E-state index in [-0.39, 0.29) is 10.3 Å². The quantitative estimate of drug-likeness (QED) is 0.353. The molecule has 1 amide bonds. The first kappa shape index (κ1) is 18.5. The summed E-state index contributed by atoms with van der Waals surface area (Å²) < 4.78 is 1.16. The van der Waals surface area contributed by atoms with Gasteiger partial charge in [0.25, 0.3) is 11.5 Å². The van der Waals surface area contributed by atoms with Crippen molar-refractivity contribution in [3.63, 3.8) is 0 Å². The maximum absolute atomic E-state index is 12.1. The van der Waals surface area contributed by atoms with E-state index in [1.54, 1.807) is 24.3 Å². The third-order valence-electron chi connectivity index (χ3n) is 3.52. The molecule has 0 radical (unpaired) electrons. The number of halogens is 1. The van der Waals surface area contributed by atoms with Gasteiger partial charge >= 0.3 is 0 Å². The lowest BCUT2D eigenvalue weighted by atomic mass is 10.2. The summed E-state index contributed by atoms with van der Waals surface area (Å²) in [5.74, 6) is -0.956. The largest absolute Gasteiger partial charge is 0.494 e. The highest BCUT2D eigenvalue weighted by Gasteiger charge is 2.14. The lowest BCUT2D eigenvalue weighted by Gasteiger charge is -2.12. The molecule has 1 aromatic carbocycles. The molecule has 10 heteroatoms. The Kier molecular flexibility index (Phi) is 5.43. The molecule has 136 valence electrons. The molecule has 0 aliphatic carbocycles. The highest BCUT2D eigenvalue weighted by molar-refractivity contribution is 7.71. The van der Waals surface area contributed by atoms with Gasteiger partial charge in [-0.1, -0.05) is 23.7 Å². The van der Waals surface area contributed by atoms with Crippen LogP contribution in [0.3, 0.4) is 0 Å². The van der Waals surface area contributed by atoms with Gasteiger partial charge in [-0.15, -0.1) is 0 Å². The van der Waals surface area contributed by atoms with Crippen LogP contribution in [0.5, 0.6) is 5.88 Å². The summed E-state index contributed by atoms with van der Waals surface area (Å²) in [5.41, 5.74) is 2.13. The molecule has 27 heavy (non-hydrogen) atoms. The summed E-state index contributed by atoms with van der Waals surface area (Å²) in [6.45, 7) is 0. The molecule has 2 aromatic heterocycles. The Bertz CT molecular complexity index is 1140. The molecule has 0 aliphatic heterocycles. The monoisotopic (exact) mass is 401 g/mol. The molecule has 0 saturated heterocycles. The minimum absolute atomic E-state index is 0.0384. The predicted octanol–water partition coefficient (Wildman–Crippen LogP) is 2.41. The molecular formula is C17H12ClN5O3S. The van der Waals surface area contributed by atoms with Crippen molar-refractivity contribution in [2.75, 3.05) is 0 Å². The molecule has 0 saturated carbocycles. The topological polar surface area (TPSA) is 112 Å². The van der Waals surface area contributed by atoms with Gasteiger partial charge in [0, 0.05) is 18.0 Å². The summed E-state index contributed by atoms with van der Waals surface area (Å²) >= 11 is 11.3. The Morgan fingerprint density at radius 1 is 1.30 bits per heavy atom. The Balaban J connectivity index is 1.96. The Hall–Kier alpha value is -3.30. The normalized spacial score (nSPS) is 10.9. The second-order valence-corrected chi connectivity index (χ2v) is 6.01. The fourth-order valence-electron chi connectivity index (χ4n) is 2.23. The van der Waals surface area contributed by atoms with E-state index in [9.17, 15) is 14.7 Å². The van der Waals surface area contributed by atoms with Gasteiger partial charge in [0.1, 0.15) is 5.56 Å². The number of rotatable bonds is 4. The molecule has 0 unspecified atom stereocenters. The van der Waals surface area contributed by atoms with Crippen molar-refractivity contribution in [3.05, 3.63) is 80.1 Å². The molecule has 0 fully saturated rings. The van der Waals surface area contributed by atoms with Crippen LogP contribution in [0.1, 0.15) is 15.9 Å². The van der Waals surface area contributed by atoms with E-state index in [0.29, 0.717) is 16.3 Å². The van der Waals surface area contributed by atoms with Crippen LogP contribution < -0.4 is 11.0 Å². The standard InChI is InChI=1S/C17H12ClN5O3S/c18-12-3-1-2-4-13(12)23-16(26)11(15(25)21-17(23)27)9-20-22-14(24)10-5-7-19-8-6-10/h1-9,26H,(H,22,24)(H,21,25,27). The van der Waals surface area contributed by atoms with Gasteiger partial charge in [0.15, 0.2) is 4.77 Å². The first-order valence-electron chi connectivity index (χ1n) is 7.55. The number of nitrogens with one attached hydrogen (secondary N) is 2. The van der Waals surface area contributed by atoms with E-state index in [4.69, 9.17) is 23.8 Å². The number of para-hydroxylation sites is 1. The number of aromatic amines is 1. The highest BCUT2D eigenvalue weighted by atomic mass is 35.5. The number of pyridine rings is 1. The summed E-state index contributed by atoms with van der Waals surface area (Å²) in [7, 11) is 0. The minimum atomic E-state index is -0.664. The molecule has 3 N–H and O–H groups in total. The average molecular weight is 402 g/mol. The van der Waals surface area contributed by atoms with Gasteiger partial charge < -0.3 is 5.11 Å². The predicted molar refractivity (Wildman–Crippen MR) is 103 cm³/mol. The van der Waals surface area contributed by atoms with Gasteiger partial charge in [-0.2, -0.15) is 5.10 Å². The zero-order valence-electron chi connectivity index (χ0n) is 13.6. The van der Waals surface area contributed by atoms with Crippen LogP contribution in [0.2, 0.25) is 5.02 Å². The van der Waals surface area contributed by atoms with Crippen LogP contribution in [-0.4, -0.2) is 31.8 Å². The number of aromatic nitrogens is 3. The van der Waals surface area contributed by atoms with E-state index >= 15 is 0 Å².